The van der Waals surface area contributed by atoms with Crippen LogP contribution in [0.4, 0.5) is 5.82 Å². The summed E-state index contributed by atoms with van der Waals surface area (Å²) < 4.78 is 10.6. The van der Waals surface area contributed by atoms with Crippen molar-refractivity contribution in [2.75, 3.05) is 19.1 Å². The zero-order valence-electron chi connectivity index (χ0n) is 22.9. The number of piperidine rings is 1. The summed E-state index contributed by atoms with van der Waals surface area (Å²) in [5, 5.41) is 6.31. The van der Waals surface area contributed by atoms with Gasteiger partial charge in [0, 0.05) is 35.4 Å². The summed E-state index contributed by atoms with van der Waals surface area (Å²) in [4.78, 5) is 33.0. The quantitative estimate of drug-likeness (QED) is 0.435. The summed E-state index contributed by atoms with van der Waals surface area (Å²) in [5.41, 5.74) is 3.04. The van der Waals surface area contributed by atoms with Crippen molar-refractivity contribution in [2.45, 2.75) is 63.7 Å². The zero-order valence-corrected chi connectivity index (χ0v) is 22.9. The molecule has 0 unspecified atom stereocenters. The minimum absolute atomic E-state index is 0.0541. The second kappa shape index (κ2) is 11.4. The predicted molar refractivity (Wildman–Crippen MR) is 151 cm³/mol. The van der Waals surface area contributed by atoms with Gasteiger partial charge in [-0.1, -0.05) is 18.2 Å². The smallest absolute Gasteiger partial charge is 0.253 e. The number of methoxy groups -OCH3 is 2. The number of nitrogens with zero attached hydrogens (tertiary/aromatic N) is 2. The number of nitrogens with one attached hydrogen (secondary N) is 2. The van der Waals surface area contributed by atoms with Gasteiger partial charge < -0.3 is 25.0 Å². The fraction of sp³-hybridized carbons (Fsp3) is 0.387. The zero-order chi connectivity index (χ0) is 27.5. The molecule has 2 aliphatic rings. The predicted octanol–water partition coefficient (Wildman–Crippen LogP) is 4.83. The second-order valence-corrected chi connectivity index (χ2v) is 10.4. The van der Waals surface area contributed by atoms with Crippen LogP contribution in [0.15, 0.2) is 60.8 Å². The molecule has 2 amide bonds. The molecule has 3 heterocycles. The van der Waals surface area contributed by atoms with Gasteiger partial charge in [-0.25, -0.2) is 4.98 Å². The van der Waals surface area contributed by atoms with Gasteiger partial charge in [0.25, 0.3) is 11.8 Å². The van der Waals surface area contributed by atoms with Crippen molar-refractivity contribution in [1.82, 2.24) is 15.6 Å². The molecule has 2 aromatic carbocycles. The minimum atomic E-state index is -0.158. The number of anilines is 1. The molecule has 0 saturated carbocycles. The van der Waals surface area contributed by atoms with Crippen molar-refractivity contribution in [2.24, 2.45) is 0 Å². The summed E-state index contributed by atoms with van der Waals surface area (Å²) in [5.74, 6) is 2.17. The summed E-state index contributed by atoms with van der Waals surface area (Å²) in [6, 6.07) is 17.6. The average molecular weight is 529 g/mol. The Morgan fingerprint density at radius 1 is 0.949 bits per heavy atom. The van der Waals surface area contributed by atoms with Crippen LogP contribution in [-0.2, 0) is 0 Å². The van der Waals surface area contributed by atoms with E-state index >= 15 is 0 Å². The number of pyridine rings is 1. The first kappa shape index (κ1) is 26.5. The van der Waals surface area contributed by atoms with Crippen LogP contribution in [0.5, 0.6) is 11.5 Å². The van der Waals surface area contributed by atoms with Crippen LogP contribution in [0.25, 0.3) is 0 Å². The average Bonchev–Trinajstić information content (AvgIpc) is 3.22. The molecule has 2 bridgehead atoms. The van der Waals surface area contributed by atoms with Crippen LogP contribution in [-0.4, -0.2) is 49.1 Å². The lowest BCUT2D eigenvalue weighted by molar-refractivity contribution is 0.0922. The largest absolute Gasteiger partial charge is 0.497 e. The van der Waals surface area contributed by atoms with E-state index < -0.39 is 0 Å². The fourth-order valence-electron chi connectivity index (χ4n) is 5.94. The molecule has 8 nitrogen and oxygen atoms in total. The Labute approximate surface area is 229 Å². The van der Waals surface area contributed by atoms with Gasteiger partial charge in [-0.15, -0.1) is 0 Å². The number of amides is 2. The van der Waals surface area contributed by atoms with Gasteiger partial charge in [0.15, 0.2) is 0 Å². The maximum absolute atomic E-state index is 13.0. The monoisotopic (exact) mass is 528 g/mol. The molecule has 39 heavy (non-hydrogen) atoms. The number of hydrogen-bond acceptors (Lipinski definition) is 6. The third kappa shape index (κ3) is 5.55. The highest BCUT2D eigenvalue weighted by molar-refractivity contribution is 5.96. The van der Waals surface area contributed by atoms with Crippen LogP contribution in [0, 0.1) is 6.92 Å². The highest BCUT2D eigenvalue weighted by atomic mass is 16.5. The molecular formula is C31H36N4O4. The number of aromatic nitrogens is 1. The van der Waals surface area contributed by atoms with Crippen molar-refractivity contribution in [1.29, 1.82) is 0 Å². The number of rotatable bonds is 8. The lowest BCUT2D eigenvalue weighted by Gasteiger charge is -2.40. The number of benzene rings is 2. The maximum atomic E-state index is 13.0. The molecule has 2 fully saturated rings. The molecular weight excluding hydrogens is 492 g/mol. The van der Waals surface area contributed by atoms with E-state index in [1.807, 2.05) is 68.4 Å². The van der Waals surface area contributed by atoms with Crippen molar-refractivity contribution in [3.63, 3.8) is 0 Å². The third-order valence-electron chi connectivity index (χ3n) is 8.05. The first-order valence-electron chi connectivity index (χ1n) is 13.5. The SMILES string of the molecule is COc1ccc([C@H](C)NC(=O)c2ccc(N3[C@@H]4CC[C@H]3C[C@@H](NC(=O)c3cccc(OC)c3C)C4)nc2)cc1. The van der Waals surface area contributed by atoms with Gasteiger partial charge in [-0.3, -0.25) is 9.59 Å². The van der Waals surface area contributed by atoms with E-state index in [0.29, 0.717) is 23.2 Å². The minimum Gasteiger partial charge on any atom is -0.497 e. The van der Waals surface area contributed by atoms with Crippen LogP contribution in [0.1, 0.15) is 70.5 Å². The lowest BCUT2D eigenvalue weighted by Crippen LogP contribution is -2.50. The molecule has 2 aliphatic heterocycles. The Bertz CT molecular complexity index is 1310. The van der Waals surface area contributed by atoms with E-state index in [-0.39, 0.29) is 23.9 Å². The molecule has 0 radical (unpaired) electrons. The Balaban J connectivity index is 1.20. The molecule has 8 heteroatoms. The number of fused-ring (bicyclic) bond motifs is 2. The standard InChI is InChI=1S/C31H36N4O4/c1-19-27(6-5-7-28(19)39-4)31(37)34-23-16-24-11-12-25(17-23)35(24)29-15-10-22(18-32-29)30(36)33-20(2)21-8-13-26(38-3)14-9-21/h5-10,13-15,18,20,23-25H,11-12,16-17H2,1-4H3,(H,33,36)(H,34,37)/t20-,23-,24+,25-/m0/s1. The van der Waals surface area contributed by atoms with Crippen LogP contribution in [0.2, 0.25) is 0 Å². The Morgan fingerprint density at radius 2 is 1.67 bits per heavy atom. The summed E-state index contributed by atoms with van der Waals surface area (Å²) >= 11 is 0. The van der Waals surface area contributed by atoms with Gasteiger partial charge >= 0.3 is 0 Å². The Morgan fingerprint density at radius 3 is 2.28 bits per heavy atom. The number of carbonyl (C=O) groups is 2. The van der Waals surface area contributed by atoms with E-state index in [9.17, 15) is 9.59 Å². The second-order valence-electron chi connectivity index (χ2n) is 10.4. The molecule has 3 aromatic rings. The molecule has 0 aliphatic carbocycles. The van der Waals surface area contributed by atoms with Gasteiger partial charge in [0.1, 0.15) is 17.3 Å². The molecule has 0 spiro atoms. The summed E-state index contributed by atoms with van der Waals surface area (Å²) in [6.45, 7) is 3.87. The number of carbonyl (C=O) groups excluding carboxylic acids is 2. The van der Waals surface area contributed by atoms with Crippen molar-refractivity contribution in [3.8, 4) is 11.5 Å². The highest BCUT2D eigenvalue weighted by Gasteiger charge is 2.42. The number of hydrogen-bond donors (Lipinski definition) is 2. The molecule has 1 aromatic heterocycles. The Hall–Kier alpha value is -4.07. The number of ether oxygens (including phenoxy) is 2. The third-order valence-corrected chi connectivity index (χ3v) is 8.05. The van der Waals surface area contributed by atoms with Crippen molar-refractivity contribution >= 4 is 17.6 Å². The normalized spacial score (nSPS) is 20.7. The molecule has 2 N–H and O–H groups in total. The topological polar surface area (TPSA) is 92.8 Å². The highest BCUT2D eigenvalue weighted by Crippen LogP contribution is 2.38. The van der Waals surface area contributed by atoms with Gasteiger partial charge in [0.2, 0.25) is 0 Å². The van der Waals surface area contributed by atoms with E-state index in [1.54, 1.807) is 20.4 Å². The lowest BCUT2D eigenvalue weighted by atomic mass is 9.96. The van der Waals surface area contributed by atoms with Gasteiger partial charge in [-0.2, -0.15) is 0 Å². The van der Waals surface area contributed by atoms with Crippen LogP contribution in [0.3, 0.4) is 0 Å². The van der Waals surface area contributed by atoms with E-state index in [1.165, 1.54) is 0 Å². The fourth-order valence-corrected chi connectivity index (χ4v) is 5.94. The first-order valence-corrected chi connectivity index (χ1v) is 13.5. The molecule has 2 saturated heterocycles. The van der Waals surface area contributed by atoms with Crippen molar-refractivity contribution in [3.05, 3.63) is 83.0 Å². The van der Waals surface area contributed by atoms with E-state index in [2.05, 4.69) is 20.5 Å². The van der Waals surface area contributed by atoms with Gasteiger partial charge in [-0.05, 0) is 81.5 Å². The van der Waals surface area contributed by atoms with Crippen LogP contribution < -0.4 is 25.0 Å². The maximum Gasteiger partial charge on any atom is 0.253 e. The molecule has 4 atom stereocenters. The van der Waals surface area contributed by atoms with Gasteiger partial charge in [0.05, 0.1) is 25.8 Å². The summed E-state index contributed by atoms with van der Waals surface area (Å²) in [7, 11) is 3.25. The molecule has 204 valence electrons. The van der Waals surface area contributed by atoms with Crippen molar-refractivity contribution < 1.29 is 19.1 Å². The summed E-state index contributed by atoms with van der Waals surface area (Å²) in [6.07, 6.45) is 5.53. The van der Waals surface area contributed by atoms with E-state index in [0.717, 1.165) is 54.1 Å². The van der Waals surface area contributed by atoms with Crippen LogP contribution >= 0.6 is 0 Å². The molecule has 5 rings (SSSR count). The van der Waals surface area contributed by atoms with E-state index in [4.69, 9.17) is 9.47 Å². The first-order chi connectivity index (χ1) is 18.9. The Kier molecular flexibility index (Phi) is 7.72.